The molecule has 0 fully saturated rings. The number of anilines is 1. The first-order chi connectivity index (χ1) is 11.8. The van der Waals surface area contributed by atoms with Crippen molar-refractivity contribution in [2.75, 3.05) is 18.0 Å². The Bertz CT molecular complexity index is 802. The minimum absolute atomic E-state index is 0.208. The molecule has 1 aliphatic rings. The monoisotopic (exact) mass is 339 g/mol. The van der Waals surface area contributed by atoms with Gasteiger partial charge in [-0.2, -0.15) is 0 Å². The van der Waals surface area contributed by atoms with Crippen LogP contribution in [0.15, 0.2) is 48.5 Å². The molecule has 0 bridgehead atoms. The second kappa shape index (κ2) is 6.69. The van der Waals surface area contributed by atoms with Gasteiger partial charge in [0, 0.05) is 19.5 Å². The van der Waals surface area contributed by atoms with Gasteiger partial charge >= 0.3 is 0 Å². The maximum Gasteiger partial charge on any atom is 0.208 e. The highest BCUT2D eigenvalue weighted by Gasteiger charge is 2.17. The Kier molecular flexibility index (Phi) is 4.26. The van der Waals surface area contributed by atoms with E-state index < -0.39 is 0 Å². The summed E-state index contributed by atoms with van der Waals surface area (Å²) in [6.07, 6.45) is 2.79. The van der Waals surface area contributed by atoms with Gasteiger partial charge in [-0.3, -0.25) is 0 Å². The minimum atomic E-state index is -0.208. The van der Waals surface area contributed by atoms with Gasteiger partial charge in [-0.1, -0.05) is 47.7 Å². The van der Waals surface area contributed by atoms with E-state index in [0.717, 1.165) is 41.6 Å². The molecule has 1 aromatic heterocycles. The van der Waals surface area contributed by atoms with E-state index in [4.69, 9.17) is 0 Å². The van der Waals surface area contributed by atoms with Crippen LogP contribution in [0.25, 0.3) is 0 Å². The molecule has 0 amide bonds. The summed E-state index contributed by atoms with van der Waals surface area (Å²) in [6, 6.07) is 15.3. The van der Waals surface area contributed by atoms with Crippen LogP contribution in [0.5, 0.6) is 0 Å². The summed E-state index contributed by atoms with van der Waals surface area (Å²) in [5, 5.41) is 10.7. The fraction of sp³-hybridized carbons (Fsp3) is 0.263. The second-order valence-electron chi connectivity index (χ2n) is 6.04. The Morgan fingerprint density at radius 2 is 1.58 bits per heavy atom. The Morgan fingerprint density at radius 3 is 2.25 bits per heavy atom. The molecule has 2 aromatic carbocycles. The van der Waals surface area contributed by atoms with Crippen molar-refractivity contribution in [2.45, 2.75) is 19.3 Å². The lowest BCUT2D eigenvalue weighted by molar-refractivity contribution is 0.627. The standard InChI is InChI=1S/C19H18FN3S/c20-17-7-5-14(6-8-17)13-18-21-22-19(24-18)23-11-9-15-3-1-2-4-16(15)10-12-23/h1-8H,9-13H2. The van der Waals surface area contributed by atoms with E-state index in [1.807, 2.05) is 0 Å². The lowest BCUT2D eigenvalue weighted by atomic mass is 10.0. The summed E-state index contributed by atoms with van der Waals surface area (Å²) in [5.41, 5.74) is 3.94. The van der Waals surface area contributed by atoms with Crippen LogP contribution >= 0.6 is 11.3 Å². The van der Waals surface area contributed by atoms with Gasteiger partial charge in [0.1, 0.15) is 10.8 Å². The van der Waals surface area contributed by atoms with Crippen molar-refractivity contribution in [1.82, 2.24) is 10.2 Å². The Labute approximate surface area is 144 Å². The highest BCUT2D eigenvalue weighted by atomic mass is 32.1. The van der Waals surface area contributed by atoms with Crippen molar-refractivity contribution in [3.63, 3.8) is 0 Å². The predicted molar refractivity (Wildman–Crippen MR) is 95.2 cm³/mol. The average Bonchev–Trinajstić information content (AvgIpc) is 2.95. The Morgan fingerprint density at radius 1 is 0.917 bits per heavy atom. The van der Waals surface area contributed by atoms with Gasteiger partial charge in [-0.05, 0) is 41.7 Å². The number of aromatic nitrogens is 2. The number of halogens is 1. The summed E-state index contributed by atoms with van der Waals surface area (Å²) in [4.78, 5) is 2.33. The summed E-state index contributed by atoms with van der Waals surface area (Å²) in [5.74, 6) is -0.208. The molecule has 0 spiro atoms. The minimum Gasteiger partial charge on any atom is -0.346 e. The SMILES string of the molecule is Fc1ccc(Cc2nnc(N3CCc4ccccc4CC3)s2)cc1. The van der Waals surface area contributed by atoms with Gasteiger partial charge in [0.05, 0.1) is 0 Å². The predicted octanol–water partition coefficient (Wildman–Crippen LogP) is 3.87. The molecule has 4 rings (SSSR count). The summed E-state index contributed by atoms with van der Waals surface area (Å²) < 4.78 is 13.0. The molecule has 0 saturated heterocycles. The molecule has 0 atom stereocenters. The molecule has 24 heavy (non-hydrogen) atoms. The van der Waals surface area contributed by atoms with Crippen LogP contribution < -0.4 is 4.90 Å². The van der Waals surface area contributed by atoms with Gasteiger partial charge < -0.3 is 4.90 Å². The van der Waals surface area contributed by atoms with Crippen LogP contribution in [0, 0.1) is 5.82 Å². The largest absolute Gasteiger partial charge is 0.346 e. The van der Waals surface area contributed by atoms with E-state index in [9.17, 15) is 4.39 Å². The number of fused-ring (bicyclic) bond motifs is 1. The van der Waals surface area contributed by atoms with Gasteiger partial charge in [0.2, 0.25) is 5.13 Å². The van der Waals surface area contributed by atoms with Gasteiger partial charge in [0.15, 0.2) is 0 Å². The molecular weight excluding hydrogens is 321 g/mol. The Hall–Kier alpha value is -2.27. The molecule has 0 aliphatic carbocycles. The molecule has 5 heteroatoms. The average molecular weight is 339 g/mol. The van der Waals surface area contributed by atoms with E-state index in [-0.39, 0.29) is 5.82 Å². The number of rotatable bonds is 3. The van der Waals surface area contributed by atoms with Crippen LogP contribution in [-0.2, 0) is 19.3 Å². The molecule has 1 aliphatic heterocycles. The molecule has 0 saturated carbocycles. The van der Waals surface area contributed by atoms with Crippen LogP contribution in [-0.4, -0.2) is 23.3 Å². The number of hydrogen-bond acceptors (Lipinski definition) is 4. The topological polar surface area (TPSA) is 29.0 Å². The van der Waals surface area contributed by atoms with Gasteiger partial charge in [-0.25, -0.2) is 4.39 Å². The van der Waals surface area contributed by atoms with Crippen molar-refractivity contribution in [2.24, 2.45) is 0 Å². The molecule has 0 N–H and O–H groups in total. The molecule has 0 unspecified atom stereocenters. The van der Waals surface area contributed by atoms with E-state index in [0.29, 0.717) is 6.42 Å². The highest BCUT2D eigenvalue weighted by Crippen LogP contribution is 2.25. The van der Waals surface area contributed by atoms with Crippen LogP contribution in [0.4, 0.5) is 9.52 Å². The first-order valence-corrected chi connectivity index (χ1v) is 8.98. The normalized spacial score (nSPS) is 14.3. The molecule has 3 aromatic rings. The third kappa shape index (κ3) is 3.31. The number of hydrogen-bond donors (Lipinski definition) is 0. The zero-order valence-electron chi connectivity index (χ0n) is 13.3. The summed E-state index contributed by atoms with van der Waals surface area (Å²) in [7, 11) is 0. The van der Waals surface area contributed by atoms with Crippen LogP contribution in [0.1, 0.15) is 21.7 Å². The van der Waals surface area contributed by atoms with E-state index in [1.165, 1.54) is 23.3 Å². The fourth-order valence-corrected chi connectivity index (χ4v) is 4.00. The summed E-state index contributed by atoms with van der Waals surface area (Å²) in [6.45, 7) is 1.95. The third-order valence-corrected chi connectivity index (χ3v) is 5.40. The van der Waals surface area contributed by atoms with Crippen molar-refractivity contribution in [3.8, 4) is 0 Å². The van der Waals surface area contributed by atoms with Crippen molar-refractivity contribution < 1.29 is 4.39 Å². The lowest BCUT2D eigenvalue weighted by Crippen LogP contribution is -2.25. The number of benzene rings is 2. The van der Waals surface area contributed by atoms with E-state index in [2.05, 4.69) is 39.4 Å². The van der Waals surface area contributed by atoms with Crippen LogP contribution in [0.2, 0.25) is 0 Å². The number of nitrogens with zero attached hydrogens (tertiary/aromatic N) is 3. The third-order valence-electron chi connectivity index (χ3n) is 4.42. The maximum absolute atomic E-state index is 13.0. The molecular formula is C19H18FN3S. The highest BCUT2D eigenvalue weighted by molar-refractivity contribution is 7.15. The van der Waals surface area contributed by atoms with Gasteiger partial charge in [-0.15, -0.1) is 10.2 Å². The van der Waals surface area contributed by atoms with E-state index >= 15 is 0 Å². The Balaban J connectivity index is 1.46. The van der Waals surface area contributed by atoms with E-state index in [1.54, 1.807) is 23.5 Å². The van der Waals surface area contributed by atoms with Crippen molar-refractivity contribution >= 4 is 16.5 Å². The fourth-order valence-electron chi connectivity index (χ4n) is 3.08. The first kappa shape index (κ1) is 15.3. The molecule has 2 heterocycles. The lowest BCUT2D eigenvalue weighted by Gasteiger charge is -2.17. The maximum atomic E-state index is 13.0. The molecule has 0 radical (unpaired) electrons. The smallest absolute Gasteiger partial charge is 0.208 e. The van der Waals surface area contributed by atoms with Crippen molar-refractivity contribution in [3.05, 3.63) is 76.0 Å². The van der Waals surface area contributed by atoms with Gasteiger partial charge in [0.25, 0.3) is 0 Å². The first-order valence-electron chi connectivity index (χ1n) is 8.16. The van der Waals surface area contributed by atoms with Crippen LogP contribution in [0.3, 0.4) is 0 Å². The second-order valence-corrected chi connectivity index (χ2v) is 7.08. The van der Waals surface area contributed by atoms with Crippen molar-refractivity contribution in [1.29, 1.82) is 0 Å². The zero-order chi connectivity index (χ0) is 16.4. The zero-order valence-corrected chi connectivity index (χ0v) is 14.1. The molecule has 3 nitrogen and oxygen atoms in total. The summed E-state index contributed by atoms with van der Waals surface area (Å²) >= 11 is 1.64. The molecule has 122 valence electrons. The quantitative estimate of drug-likeness (QED) is 0.725.